The maximum atomic E-state index is 13.0. The summed E-state index contributed by atoms with van der Waals surface area (Å²) in [6, 6.07) is 5.18. The van der Waals surface area contributed by atoms with Crippen LogP contribution >= 0.6 is 0 Å². The number of hydrogen-bond donors (Lipinski definition) is 0. The molecule has 0 spiro atoms. The fraction of sp³-hybridized carbons (Fsp3) is 0.364. The van der Waals surface area contributed by atoms with Crippen LogP contribution < -0.4 is 0 Å². The number of halogens is 3. The minimum absolute atomic E-state index is 0.157. The van der Waals surface area contributed by atoms with Gasteiger partial charge in [-0.1, -0.05) is 31.4 Å². The van der Waals surface area contributed by atoms with Crippen molar-refractivity contribution in [3.63, 3.8) is 0 Å². The molecular weight excluding hydrogens is 365 g/mol. The highest BCUT2D eigenvalue weighted by Gasteiger charge is 2.31. The van der Waals surface area contributed by atoms with Gasteiger partial charge in [-0.2, -0.15) is 13.2 Å². The Bertz CT molecular complexity index is 1010. The lowest BCUT2D eigenvalue weighted by Gasteiger charge is -2.24. The molecule has 1 fully saturated rings. The molecule has 0 aliphatic heterocycles. The van der Waals surface area contributed by atoms with E-state index in [4.69, 9.17) is 4.42 Å². The van der Waals surface area contributed by atoms with E-state index in [1.165, 1.54) is 24.5 Å². The zero-order valence-corrected chi connectivity index (χ0v) is 15.4. The van der Waals surface area contributed by atoms with Crippen LogP contribution in [0.2, 0.25) is 0 Å². The number of hydrogen-bond acceptors (Lipinski definition) is 3. The number of alkyl halides is 3. The highest BCUT2D eigenvalue weighted by Crippen LogP contribution is 2.39. The van der Waals surface area contributed by atoms with Crippen molar-refractivity contribution >= 4 is 11.1 Å². The highest BCUT2D eigenvalue weighted by atomic mass is 19.4. The molecule has 1 aliphatic carbocycles. The Morgan fingerprint density at radius 3 is 2.71 bits per heavy atom. The maximum absolute atomic E-state index is 13.0. The fourth-order valence-corrected chi connectivity index (χ4v) is 3.91. The van der Waals surface area contributed by atoms with Crippen LogP contribution in [0.25, 0.3) is 22.6 Å². The molecule has 6 heteroatoms. The predicted octanol–water partition coefficient (Wildman–Crippen LogP) is 6.90. The molecular formula is C22H21F3N2O. The zero-order chi connectivity index (χ0) is 19.7. The molecule has 28 heavy (non-hydrogen) atoms. The molecule has 2 aromatic heterocycles. The summed E-state index contributed by atoms with van der Waals surface area (Å²) in [5.74, 6) is 0.478. The SMILES string of the molecule is C=C1CCCCCCC1c1cnccc1-c1nc2cc(C(F)(F)F)ccc2o1. The van der Waals surface area contributed by atoms with Gasteiger partial charge in [0, 0.05) is 23.9 Å². The molecule has 0 bridgehead atoms. The van der Waals surface area contributed by atoms with Crippen LogP contribution in [0.3, 0.4) is 0 Å². The lowest BCUT2D eigenvalue weighted by Crippen LogP contribution is -2.07. The number of nitrogens with zero attached hydrogens (tertiary/aromatic N) is 2. The first kappa shape index (κ1) is 18.7. The van der Waals surface area contributed by atoms with E-state index < -0.39 is 11.7 Å². The maximum Gasteiger partial charge on any atom is 0.416 e. The third-order valence-corrected chi connectivity index (χ3v) is 5.41. The topological polar surface area (TPSA) is 38.9 Å². The van der Waals surface area contributed by atoms with E-state index in [0.717, 1.165) is 48.9 Å². The van der Waals surface area contributed by atoms with Crippen LogP contribution in [-0.2, 0) is 6.18 Å². The Hall–Kier alpha value is -2.63. The second-order valence-corrected chi connectivity index (χ2v) is 7.33. The van der Waals surface area contributed by atoms with Crippen LogP contribution in [0.1, 0.15) is 55.6 Å². The van der Waals surface area contributed by atoms with Crippen molar-refractivity contribution in [3.05, 3.63) is 59.9 Å². The van der Waals surface area contributed by atoms with Gasteiger partial charge in [-0.3, -0.25) is 4.98 Å². The van der Waals surface area contributed by atoms with Crippen molar-refractivity contribution < 1.29 is 17.6 Å². The van der Waals surface area contributed by atoms with E-state index in [1.807, 2.05) is 12.3 Å². The first-order valence-electron chi connectivity index (χ1n) is 9.53. The number of fused-ring (bicyclic) bond motifs is 1. The molecule has 0 amide bonds. The number of rotatable bonds is 2. The standard InChI is InChI=1S/C22H21F3N2O/c1-14-6-4-2-3-5-7-16(14)18-13-26-11-10-17(18)21-27-19-12-15(22(23,24)25)8-9-20(19)28-21/h8-13,16H,1-7H2. The van der Waals surface area contributed by atoms with Gasteiger partial charge in [-0.25, -0.2) is 4.98 Å². The summed E-state index contributed by atoms with van der Waals surface area (Å²) in [5, 5.41) is 0. The number of benzene rings is 1. The second-order valence-electron chi connectivity index (χ2n) is 7.33. The number of pyridine rings is 1. The molecule has 1 aromatic carbocycles. The minimum Gasteiger partial charge on any atom is -0.436 e. The molecule has 0 N–H and O–H groups in total. The Morgan fingerprint density at radius 2 is 1.89 bits per heavy atom. The van der Waals surface area contributed by atoms with E-state index in [1.54, 1.807) is 6.20 Å². The smallest absolute Gasteiger partial charge is 0.416 e. The Balaban J connectivity index is 1.76. The lowest BCUT2D eigenvalue weighted by atomic mass is 9.81. The van der Waals surface area contributed by atoms with E-state index >= 15 is 0 Å². The first-order valence-corrected chi connectivity index (χ1v) is 9.53. The first-order chi connectivity index (χ1) is 13.4. The fourth-order valence-electron chi connectivity index (χ4n) is 3.91. The molecule has 2 heterocycles. The second kappa shape index (κ2) is 7.41. The number of aromatic nitrogens is 2. The quantitative estimate of drug-likeness (QED) is 0.450. The number of allylic oxidation sites excluding steroid dienone is 1. The van der Waals surface area contributed by atoms with Gasteiger partial charge in [0.1, 0.15) is 5.52 Å². The number of oxazole rings is 1. The lowest BCUT2D eigenvalue weighted by molar-refractivity contribution is -0.137. The average Bonchev–Trinajstić information content (AvgIpc) is 3.08. The normalized spacial score (nSPS) is 18.8. The van der Waals surface area contributed by atoms with Gasteiger partial charge < -0.3 is 4.42 Å². The molecule has 1 aliphatic rings. The molecule has 0 radical (unpaired) electrons. The van der Waals surface area contributed by atoms with E-state index in [0.29, 0.717) is 11.5 Å². The Morgan fingerprint density at radius 1 is 1.07 bits per heavy atom. The van der Waals surface area contributed by atoms with Crippen molar-refractivity contribution in [1.82, 2.24) is 9.97 Å². The van der Waals surface area contributed by atoms with E-state index in [2.05, 4.69) is 16.5 Å². The molecule has 4 rings (SSSR count). The predicted molar refractivity (Wildman–Crippen MR) is 102 cm³/mol. The largest absolute Gasteiger partial charge is 0.436 e. The zero-order valence-electron chi connectivity index (χ0n) is 15.4. The Labute approximate surface area is 161 Å². The van der Waals surface area contributed by atoms with Crippen molar-refractivity contribution in [2.45, 2.75) is 50.6 Å². The van der Waals surface area contributed by atoms with Crippen LogP contribution in [0.4, 0.5) is 13.2 Å². The Kier molecular flexibility index (Phi) is 4.96. The molecule has 0 saturated heterocycles. The van der Waals surface area contributed by atoms with Gasteiger partial charge in [-0.05, 0) is 49.1 Å². The minimum atomic E-state index is -4.41. The summed E-state index contributed by atoms with van der Waals surface area (Å²) in [6.07, 6.45) is 5.67. The molecule has 1 unspecified atom stereocenters. The third kappa shape index (κ3) is 3.68. The van der Waals surface area contributed by atoms with Gasteiger partial charge >= 0.3 is 6.18 Å². The monoisotopic (exact) mass is 386 g/mol. The molecule has 3 aromatic rings. The highest BCUT2D eigenvalue weighted by molar-refractivity contribution is 5.77. The van der Waals surface area contributed by atoms with E-state index in [9.17, 15) is 13.2 Å². The van der Waals surface area contributed by atoms with Gasteiger partial charge in [0.15, 0.2) is 5.58 Å². The molecule has 1 saturated carbocycles. The van der Waals surface area contributed by atoms with Gasteiger partial charge in [0.2, 0.25) is 5.89 Å². The van der Waals surface area contributed by atoms with Gasteiger partial charge in [-0.15, -0.1) is 0 Å². The van der Waals surface area contributed by atoms with Crippen molar-refractivity contribution in [3.8, 4) is 11.5 Å². The van der Waals surface area contributed by atoms with Crippen molar-refractivity contribution in [2.75, 3.05) is 0 Å². The summed E-state index contributed by atoms with van der Waals surface area (Å²) in [4.78, 5) is 8.63. The summed E-state index contributed by atoms with van der Waals surface area (Å²) in [6.45, 7) is 4.29. The van der Waals surface area contributed by atoms with Crippen molar-refractivity contribution in [2.24, 2.45) is 0 Å². The summed E-state index contributed by atoms with van der Waals surface area (Å²) in [5.41, 5.74) is 2.72. The van der Waals surface area contributed by atoms with Gasteiger partial charge in [0.25, 0.3) is 0 Å². The summed E-state index contributed by atoms with van der Waals surface area (Å²) < 4.78 is 44.8. The molecule has 146 valence electrons. The van der Waals surface area contributed by atoms with Gasteiger partial charge in [0.05, 0.1) is 5.56 Å². The molecule has 3 nitrogen and oxygen atoms in total. The van der Waals surface area contributed by atoms with Crippen LogP contribution in [-0.4, -0.2) is 9.97 Å². The van der Waals surface area contributed by atoms with Crippen LogP contribution in [0.5, 0.6) is 0 Å². The van der Waals surface area contributed by atoms with Crippen LogP contribution in [0, 0.1) is 0 Å². The third-order valence-electron chi connectivity index (χ3n) is 5.41. The average molecular weight is 386 g/mol. The van der Waals surface area contributed by atoms with Crippen LogP contribution in [0.15, 0.2) is 53.2 Å². The summed E-state index contributed by atoms with van der Waals surface area (Å²) >= 11 is 0. The van der Waals surface area contributed by atoms with Crippen molar-refractivity contribution in [1.29, 1.82) is 0 Å². The van der Waals surface area contributed by atoms with E-state index in [-0.39, 0.29) is 11.4 Å². The molecule has 1 atom stereocenters. The summed E-state index contributed by atoms with van der Waals surface area (Å²) in [7, 11) is 0.